The molecule has 0 fully saturated rings. The van der Waals surface area contributed by atoms with Crippen molar-refractivity contribution in [2.75, 3.05) is 0 Å². The molecule has 0 aliphatic carbocycles. The zero-order chi connectivity index (χ0) is 36.2. The second-order valence-electron chi connectivity index (χ2n) is 4.23. The summed E-state index contributed by atoms with van der Waals surface area (Å²) in [5.74, 6) is 0. The standard InChI is InChI=1S/4C3H2O7.CH2O3.2Ca.4K.4Na.12H/c4*4-1(5)9-3(8)10-2(6)7;2-1(3)4;;;;;;;;;;;;;;;;;;;;;;/h4*(H,4,5)(H,6,7);(H2,2,3,4);;;;;;;;;;;;;;;;;;;;;;. The van der Waals surface area contributed by atoms with Gasteiger partial charge >= 0.3 is 479 Å². The average Bonchev–Trinajstić information content (AvgIpc) is 2.69. The van der Waals surface area contributed by atoms with Crippen LogP contribution < -0.4 is 0 Å². The third kappa shape index (κ3) is 131. The summed E-state index contributed by atoms with van der Waals surface area (Å²) >= 11 is 0. The van der Waals surface area contributed by atoms with Crippen LogP contribution >= 0.6 is 0 Å². The van der Waals surface area contributed by atoms with Crippen molar-refractivity contribution in [1.29, 1.82) is 0 Å². The van der Waals surface area contributed by atoms with Crippen molar-refractivity contribution >= 4 is 479 Å². The van der Waals surface area contributed by atoms with Gasteiger partial charge in [0.25, 0.3) is 0 Å². The minimum atomic E-state index is -1.92. The molecule has 0 amide bonds. The Balaban J connectivity index is -0.0000000263. The molecule has 10 N–H and O–H groups in total. The molecule has 0 saturated heterocycles. The van der Waals surface area contributed by atoms with E-state index in [0.717, 1.165) is 0 Å². The Labute approximate surface area is 614 Å². The molecule has 272 valence electrons. The fourth-order valence-corrected chi connectivity index (χ4v) is 0.654. The van der Waals surface area contributed by atoms with Gasteiger partial charge in [0, 0.05) is 0 Å². The normalized spacial score (nSPS) is 6.37. The molecule has 0 aliphatic rings. The van der Waals surface area contributed by atoms with E-state index in [1.165, 1.54) is 0 Å². The molecule has 41 heteroatoms. The molecule has 0 unspecified atom stereocenters. The van der Waals surface area contributed by atoms with E-state index in [2.05, 4.69) is 37.9 Å². The fraction of sp³-hybridized carbons (Fsp3) is 0. The third-order valence-corrected chi connectivity index (χ3v) is 1.37. The second kappa shape index (κ2) is 69.9. The van der Waals surface area contributed by atoms with Gasteiger partial charge in [0.2, 0.25) is 0 Å². The van der Waals surface area contributed by atoms with Gasteiger partial charge in [-0.2, -0.15) is 0 Å². The maximum absolute atomic E-state index is 9.86. The molecule has 0 aromatic rings. The Morgan fingerprint density at radius 3 is 0.333 bits per heavy atom. The maximum atomic E-state index is 9.86. The molecule has 0 aromatic carbocycles. The molecule has 0 radical (unpaired) electrons. The van der Waals surface area contributed by atoms with E-state index in [1.54, 1.807) is 0 Å². The number of carbonyl (C=O) groups excluding carboxylic acids is 4. The molecule has 0 heterocycles. The van der Waals surface area contributed by atoms with Gasteiger partial charge < -0.3 is 89.0 Å². The first-order valence-electron chi connectivity index (χ1n) is 8.16. The van der Waals surface area contributed by atoms with Crippen LogP contribution in [0.25, 0.3) is 0 Å². The van der Waals surface area contributed by atoms with Crippen molar-refractivity contribution in [1.82, 2.24) is 0 Å². The number of hydrogen-bond donors (Lipinski definition) is 10. The summed E-state index contributed by atoms with van der Waals surface area (Å²) < 4.78 is 25.9. The van der Waals surface area contributed by atoms with Crippen LogP contribution in [0.4, 0.5) is 62.3 Å². The van der Waals surface area contributed by atoms with Crippen molar-refractivity contribution < 1.29 is 151 Å². The molecule has 0 aliphatic heterocycles. The molecule has 31 nitrogen and oxygen atoms in total. The van der Waals surface area contributed by atoms with Gasteiger partial charge in [-0.05, 0) is 0 Å². The van der Waals surface area contributed by atoms with Crippen LogP contribution in [0.1, 0.15) is 0 Å². The number of carbonyl (C=O) groups is 13. The number of ether oxygens (including phenoxy) is 8. The Bertz CT molecular complexity index is 908. The summed E-state index contributed by atoms with van der Waals surface area (Å²) in [4.78, 5) is 124. The van der Waals surface area contributed by atoms with Crippen molar-refractivity contribution in [2.24, 2.45) is 0 Å². The molecule has 0 aromatic heterocycles. The van der Waals surface area contributed by atoms with Crippen molar-refractivity contribution in [2.45, 2.75) is 0 Å². The number of hydrogen-bond acceptors (Lipinski definition) is 21. The van der Waals surface area contributed by atoms with E-state index in [9.17, 15) is 57.5 Å². The van der Waals surface area contributed by atoms with Gasteiger partial charge in [0.15, 0.2) is 0 Å². The summed E-state index contributed by atoms with van der Waals surface area (Å²) in [5.41, 5.74) is 0. The topological polar surface area (TPSA) is 498 Å². The zero-order valence-electron chi connectivity index (χ0n) is 19.5. The van der Waals surface area contributed by atoms with Crippen LogP contribution in [-0.2, 0) is 37.9 Å². The summed E-state index contributed by atoms with van der Waals surface area (Å²) in [7, 11) is 0. The first kappa shape index (κ1) is 103. The molecule has 0 spiro atoms. The van der Waals surface area contributed by atoms with E-state index >= 15 is 0 Å². The van der Waals surface area contributed by atoms with Crippen LogP contribution in [0, 0.1) is 0 Å². The molecule has 54 heavy (non-hydrogen) atoms. The third-order valence-electron chi connectivity index (χ3n) is 1.37. The molecular formula is C13H22Ca2K4Na4O31. The average molecular weight is 1000 g/mol. The Morgan fingerprint density at radius 1 is 0.241 bits per heavy atom. The summed E-state index contributed by atoms with van der Waals surface area (Å²) in [6.45, 7) is 0. The molecule has 0 atom stereocenters. The van der Waals surface area contributed by atoms with E-state index in [0.29, 0.717) is 0 Å². The van der Waals surface area contributed by atoms with Gasteiger partial charge in [-0.25, -0.2) is 62.3 Å². The van der Waals surface area contributed by atoms with E-state index in [1.807, 2.05) is 0 Å². The fourth-order valence-electron chi connectivity index (χ4n) is 0.654. The van der Waals surface area contributed by atoms with Crippen molar-refractivity contribution in [3.8, 4) is 0 Å². The van der Waals surface area contributed by atoms with Crippen molar-refractivity contribution in [3.63, 3.8) is 0 Å². The first-order chi connectivity index (χ1) is 19.8. The monoisotopic (exact) mass is 1000 g/mol. The van der Waals surface area contributed by atoms with Gasteiger partial charge in [0.05, 0.1) is 0 Å². The van der Waals surface area contributed by atoms with Crippen LogP contribution in [0.2, 0.25) is 0 Å². The minimum absolute atomic E-state index is 0. The van der Waals surface area contributed by atoms with E-state index in [-0.39, 0.29) is 399 Å². The van der Waals surface area contributed by atoms with Crippen LogP contribution in [0.5, 0.6) is 0 Å². The van der Waals surface area contributed by atoms with Gasteiger partial charge in [-0.1, -0.05) is 0 Å². The molecule has 0 saturated carbocycles. The predicted octanol–water partition coefficient (Wildman–Crippen LogP) is -4.82. The number of rotatable bonds is 0. The van der Waals surface area contributed by atoms with Gasteiger partial charge in [0.1, 0.15) is 0 Å². The summed E-state index contributed by atoms with van der Waals surface area (Å²) in [5, 5.41) is 75.4. The van der Waals surface area contributed by atoms with E-state index in [4.69, 9.17) is 55.9 Å². The van der Waals surface area contributed by atoms with Crippen LogP contribution in [0.15, 0.2) is 0 Å². The second-order valence-corrected chi connectivity index (χ2v) is 4.23. The summed E-state index contributed by atoms with van der Waals surface area (Å²) in [6.07, 6.45) is -24.4. The summed E-state index contributed by atoms with van der Waals surface area (Å²) in [6, 6.07) is 0. The van der Waals surface area contributed by atoms with Crippen LogP contribution in [-0.4, -0.2) is 530 Å². The number of carboxylic acid groups (broad SMARTS) is 10. The quantitative estimate of drug-likeness (QED) is 0.0471. The van der Waals surface area contributed by atoms with Gasteiger partial charge in [-0.3, -0.25) is 0 Å². The SMILES string of the molecule is O=C(O)O.O=C(O)OC(=O)OC(=O)O.O=C(O)OC(=O)OC(=O)O.O=C(O)OC(=O)OC(=O)O.O=C(O)OC(=O)OC(=O)O.[CaH2].[CaH2].[KH].[KH].[KH].[KH].[NaH].[NaH].[NaH].[NaH]. The van der Waals surface area contributed by atoms with Crippen molar-refractivity contribution in [3.05, 3.63) is 0 Å². The zero-order valence-corrected chi connectivity index (χ0v) is 19.5. The Hall–Kier alpha value is 5.17. The Kier molecular flexibility index (Phi) is 133. The van der Waals surface area contributed by atoms with Gasteiger partial charge in [-0.15, -0.1) is 0 Å². The molecular weight excluding hydrogens is 981 g/mol. The van der Waals surface area contributed by atoms with E-state index < -0.39 is 80.0 Å². The predicted molar refractivity (Wildman–Crippen MR) is 179 cm³/mol. The molecule has 0 rings (SSSR count). The van der Waals surface area contributed by atoms with Crippen LogP contribution in [0.3, 0.4) is 0 Å². The Morgan fingerprint density at radius 2 is 0.296 bits per heavy atom. The molecule has 0 bridgehead atoms. The first-order valence-corrected chi connectivity index (χ1v) is 8.16.